The molecule has 0 unspecified atom stereocenters. The van der Waals surface area contributed by atoms with E-state index in [4.69, 9.17) is 0 Å². The van der Waals surface area contributed by atoms with Crippen LogP contribution in [0.25, 0.3) is 0 Å². The lowest BCUT2D eigenvalue weighted by atomic mass is 9.41. The smallest absolute Gasteiger partial charge is 0.0594 e. The summed E-state index contributed by atoms with van der Waals surface area (Å²) in [5, 5.41) is 10.9. The average Bonchev–Trinajstić information content (AvgIpc) is 3.31. The molecule has 5 rings (SSSR count). The van der Waals surface area contributed by atoms with Crippen LogP contribution in [0.3, 0.4) is 0 Å². The Bertz CT molecular complexity index is 779. The van der Waals surface area contributed by atoms with E-state index in [0.29, 0.717) is 27.6 Å². The van der Waals surface area contributed by atoms with Gasteiger partial charge in [0.2, 0.25) is 0 Å². The number of rotatable bonds is 5. The van der Waals surface area contributed by atoms with Gasteiger partial charge in [-0.25, -0.2) is 0 Å². The molecule has 0 amide bonds. The first kappa shape index (κ1) is 23.4. The van der Waals surface area contributed by atoms with Gasteiger partial charge in [0.1, 0.15) is 0 Å². The molecule has 2 spiro atoms. The fourth-order valence-corrected chi connectivity index (χ4v) is 11.2. The highest BCUT2D eigenvalue weighted by Gasteiger charge is 2.82. The lowest BCUT2D eigenvalue weighted by Crippen LogP contribution is -2.57. The van der Waals surface area contributed by atoms with Crippen molar-refractivity contribution in [3.8, 4) is 0 Å². The summed E-state index contributed by atoms with van der Waals surface area (Å²) >= 11 is 0. The maximum atomic E-state index is 10.9. The minimum absolute atomic E-state index is 0.0888. The zero-order chi connectivity index (χ0) is 23.3. The van der Waals surface area contributed by atoms with Crippen molar-refractivity contribution in [2.75, 3.05) is 0 Å². The molecular formula is C31H52O. The summed E-state index contributed by atoms with van der Waals surface area (Å²) in [6.07, 6.45) is 15.0. The first-order chi connectivity index (χ1) is 14.9. The third-order valence-electron chi connectivity index (χ3n) is 13.6. The van der Waals surface area contributed by atoms with Gasteiger partial charge < -0.3 is 5.11 Å². The van der Waals surface area contributed by atoms with Crippen LogP contribution in [0.4, 0.5) is 0 Å². The number of aliphatic hydroxyl groups excluding tert-OH is 1. The van der Waals surface area contributed by atoms with Crippen LogP contribution < -0.4 is 0 Å². The van der Waals surface area contributed by atoms with Crippen LogP contribution in [0, 0.1) is 56.7 Å². The average molecular weight is 441 g/mol. The highest BCUT2D eigenvalue weighted by molar-refractivity contribution is 5.30. The van der Waals surface area contributed by atoms with Crippen molar-refractivity contribution < 1.29 is 5.11 Å². The molecule has 0 aromatic heterocycles. The first-order valence-electron chi connectivity index (χ1n) is 14.2. The van der Waals surface area contributed by atoms with Crippen LogP contribution in [0.1, 0.15) is 119 Å². The molecule has 32 heavy (non-hydrogen) atoms. The van der Waals surface area contributed by atoms with Crippen LogP contribution in [-0.4, -0.2) is 11.2 Å². The summed E-state index contributed by atoms with van der Waals surface area (Å²) in [7, 11) is 0. The van der Waals surface area contributed by atoms with E-state index in [-0.39, 0.29) is 11.5 Å². The fraction of sp³-hybridized carbons (Fsp3) is 0.935. The molecule has 5 saturated carbocycles. The third-order valence-corrected chi connectivity index (χ3v) is 13.6. The SMILES string of the molecule is C=C(CC[C@@H](C)[C@@H]1CC[C@@]2(C)[C@H]3CC[C@@H]4C(C)(C)[C@H](O)CC[C@]45C[C@]35CC[C@@]12C)C(C)C. The normalized spacial score (nSPS) is 51.9. The standard InChI is InChI=1S/C31H52O/c1-20(2)21(3)9-10-22(4)23-13-15-29(8)25-12-11-24-27(5,6)26(32)14-16-30(24)19-31(25,30)18-17-28(23,29)7/h20,22-26,32H,3,9-19H2,1-2,4-8H3/t22-,23+,24-,25-,26-,28+,29+,30+,31-/m1/s1. The summed E-state index contributed by atoms with van der Waals surface area (Å²) < 4.78 is 0. The Hall–Kier alpha value is -0.300. The highest BCUT2D eigenvalue weighted by atomic mass is 16.3. The second kappa shape index (κ2) is 7.11. The second-order valence-corrected chi connectivity index (χ2v) is 14.9. The minimum atomic E-state index is -0.0888. The molecule has 1 heteroatoms. The van der Waals surface area contributed by atoms with Gasteiger partial charge in [-0.2, -0.15) is 0 Å². The molecule has 0 saturated heterocycles. The molecule has 1 N–H and O–H groups in total. The molecule has 0 aromatic rings. The van der Waals surface area contributed by atoms with Crippen LogP contribution in [0.2, 0.25) is 0 Å². The van der Waals surface area contributed by atoms with Crippen molar-refractivity contribution in [1.29, 1.82) is 0 Å². The van der Waals surface area contributed by atoms with E-state index < -0.39 is 0 Å². The summed E-state index contributed by atoms with van der Waals surface area (Å²) in [6, 6.07) is 0. The second-order valence-electron chi connectivity index (χ2n) is 14.9. The zero-order valence-electron chi connectivity index (χ0n) is 22.4. The molecular weight excluding hydrogens is 388 g/mol. The lowest BCUT2D eigenvalue weighted by Gasteiger charge is -2.63. The Morgan fingerprint density at radius 3 is 2.19 bits per heavy atom. The molecule has 5 aliphatic carbocycles. The highest BCUT2D eigenvalue weighted by Crippen LogP contribution is 2.89. The molecule has 0 bridgehead atoms. The number of aliphatic hydroxyl groups is 1. The van der Waals surface area contributed by atoms with Crippen LogP contribution in [0.5, 0.6) is 0 Å². The van der Waals surface area contributed by atoms with Gasteiger partial charge in [0, 0.05) is 0 Å². The van der Waals surface area contributed by atoms with Gasteiger partial charge in [0.25, 0.3) is 0 Å². The largest absolute Gasteiger partial charge is 0.393 e. The molecule has 1 nitrogen and oxygen atoms in total. The van der Waals surface area contributed by atoms with Gasteiger partial charge in [0.05, 0.1) is 6.10 Å². The van der Waals surface area contributed by atoms with Crippen molar-refractivity contribution in [1.82, 2.24) is 0 Å². The molecule has 9 atom stereocenters. The molecule has 0 aromatic carbocycles. The first-order valence-corrected chi connectivity index (χ1v) is 14.2. The van der Waals surface area contributed by atoms with E-state index >= 15 is 0 Å². The monoisotopic (exact) mass is 440 g/mol. The lowest BCUT2D eigenvalue weighted by molar-refractivity contribution is -0.161. The topological polar surface area (TPSA) is 20.2 Å². The van der Waals surface area contributed by atoms with Gasteiger partial charge in [0.15, 0.2) is 0 Å². The Kier molecular flexibility index (Phi) is 5.21. The number of fused-ring (bicyclic) bond motifs is 2. The van der Waals surface area contributed by atoms with E-state index in [1.54, 1.807) is 0 Å². The molecule has 0 aliphatic heterocycles. The third kappa shape index (κ3) is 2.73. The number of hydrogen-bond donors (Lipinski definition) is 1. The Labute approximate surface area is 199 Å². The minimum Gasteiger partial charge on any atom is -0.393 e. The predicted molar refractivity (Wildman–Crippen MR) is 135 cm³/mol. The summed E-state index contributed by atoms with van der Waals surface area (Å²) in [6.45, 7) is 21.8. The molecule has 0 heterocycles. The van der Waals surface area contributed by atoms with Crippen LogP contribution in [0.15, 0.2) is 12.2 Å². The predicted octanol–water partition coefficient (Wildman–Crippen LogP) is 8.41. The van der Waals surface area contributed by atoms with Gasteiger partial charge in [-0.3, -0.25) is 0 Å². The zero-order valence-corrected chi connectivity index (χ0v) is 22.4. The van der Waals surface area contributed by atoms with Crippen molar-refractivity contribution in [2.45, 2.75) is 125 Å². The fourth-order valence-electron chi connectivity index (χ4n) is 11.2. The summed E-state index contributed by atoms with van der Waals surface area (Å²) in [5.41, 5.74) is 3.79. The molecule has 5 aliphatic rings. The molecule has 5 fully saturated rings. The van der Waals surface area contributed by atoms with Crippen molar-refractivity contribution in [2.24, 2.45) is 56.7 Å². The van der Waals surface area contributed by atoms with Gasteiger partial charge >= 0.3 is 0 Å². The van der Waals surface area contributed by atoms with E-state index in [1.807, 2.05) is 0 Å². The van der Waals surface area contributed by atoms with E-state index in [0.717, 1.165) is 30.1 Å². The maximum absolute atomic E-state index is 10.9. The van der Waals surface area contributed by atoms with Crippen molar-refractivity contribution in [3.05, 3.63) is 12.2 Å². The van der Waals surface area contributed by atoms with E-state index in [2.05, 4.69) is 55.0 Å². The molecule has 0 radical (unpaired) electrons. The Morgan fingerprint density at radius 1 is 0.844 bits per heavy atom. The van der Waals surface area contributed by atoms with E-state index in [1.165, 1.54) is 69.8 Å². The Balaban J connectivity index is 1.39. The van der Waals surface area contributed by atoms with Gasteiger partial charge in [-0.05, 0) is 127 Å². The molecule has 182 valence electrons. The van der Waals surface area contributed by atoms with Crippen molar-refractivity contribution in [3.63, 3.8) is 0 Å². The number of hydrogen-bond acceptors (Lipinski definition) is 1. The van der Waals surface area contributed by atoms with Crippen LogP contribution in [-0.2, 0) is 0 Å². The summed E-state index contributed by atoms with van der Waals surface area (Å²) in [4.78, 5) is 0. The quantitative estimate of drug-likeness (QED) is 0.425. The van der Waals surface area contributed by atoms with Gasteiger partial charge in [-0.1, -0.05) is 60.6 Å². The van der Waals surface area contributed by atoms with Crippen molar-refractivity contribution >= 4 is 0 Å². The van der Waals surface area contributed by atoms with E-state index in [9.17, 15) is 5.11 Å². The maximum Gasteiger partial charge on any atom is 0.0594 e. The summed E-state index contributed by atoms with van der Waals surface area (Å²) in [5.74, 6) is 4.02. The van der Waals surface area contributed by atoms with Gasteiger partial charge in [-0.15, -0.1) is 0 Å². The van der Waals surface area contributed by atoms with Crippen LogP contribution >= 0.6 is 0 Å². The Morgan fingerprint density at radius 2 is 1.50 bits per heavy atom. The number of allylic oxidation sites excluding steroid dienone is 1.